The van der Waals surface area contributed by atoms with Crippen LogP contribution in [0.4, 0.5) is 0 Å². The normalized spacial score (nSPS) is 33.1. The van der Waals surface area contributed by atoms with Crippen LogP contribution in [0.15, 0.2) is 30.3 Å². The number of carbonyl (C=O) groups is 1. The van der Waals surface area contributed by atoms with Gasteiger partial charge in [0.05, 0.1) is 24.2 Å². The first-order valence-corrected chi connectivity index (χ1v) is 6.11. The maximum Gasteiger partial charge on any atom is 0.318 e. The zero-order valence-corrected chi connectivity index (χ0v) is 9.78. The van der Waals surface area contributed by atoms with Crippen LogP contribution in [-0.4, -0.2) is 18.2 Å². The highest BCUT2D eigenvalue weighted by molar-refractivity contribution is 5.77. The molecule has 0 aromatic heterocycles. The van der Waals surface area contributed by atoms with E-state index in [2.05, 4.69) is 6.07 Å². The van der Waals surface area contributed by atoms with Gasteiger partial charge in [-0.25, -0.2) is 0 Å². The number of para-hydroxylation sites is 1. The minimum atomic E-state index is -0.436. The fraction of sp³-hybridized carbons (Fsp3) is 0.429. The van der Waals surface area contributed by atoms with Crippen LogP contribution in [0.2, 0.25) is 0 Å². The summed E-state index contributed by atoms with van der Waals surface area (Å²) in [5.41, 5.74) is 0. The van der Waals surface area contributed by atoms with Gasteiger partial charge in [0.25, 0.3) is 0 Å². The van der Waals surface area contributed by atoms with Gasteiger partial charge in [-0.05, 0) is 25.0 Å². The lowest BCUT2D eigenvalue weighted by Gasteiger charge is -2.20. The molecule has 0 N–H and O–H groups in total. The molecule has 4 heteroatoms. The Morgan fingerprint density at radius 2 is 2.00 bits per heavy atom. The van der Waals surface area contributed by atoms with Gasteiger partial charge in [-0.3, -0.25) is 4.79 Å². The number of ether oxygens (including phenoxy) is 2. The zero-order valence-electron chi connectivity index (χ0n) is 9.78. The SMILES string of the molecule is N#C[C@@H]1[C@@H](C(=O)Oc2ccccc2)[C@@H]2CC[C@@H]1O2. The molecule has 2 fully saturated rings. The topological polar surface area (TPSA) is 59.3 Å². The maximum atomic E-state index is 12.1. The number of nitriles is 1. The average molecular weight is 243 g/mol. The Balaban J connectivity index is 1.75. The molecule has 2 saturated heterocycles. The third-order valence-corrected chi connectivity index (χ3v) is 3.66. The number of hydrogen-bond acceptors (Lipinski definition) is 4. The fourth-order valence-electron chi connectivity index (χ4n) is 2.81. The minimum absolute atomic E-state index is 0.0895. The van der Waals surface area contributed by atoms with E-state index in [0.717, 1.165) is 12.8 Å². The summed E-state index contributed by atoms with van der Waals surface area (Å²) >= 11 is 0. The van der Waals surface area contributed by atoms with E-state index in [0.29, 0.717) is 5.75 Å². The highest BCUT2D eigenvalue weighted by Gasteiger charge is 2.53. The molecule has 0 unspecified atom stereocenters. The van der Waals surface area contributed by atoms with E-state index < -0.39 is 5.92 Å². The van der Waals surface area contributed by atoms with Crippen LogP contribution < -0.4 is 4.74 Å². The molecular formula is C14H13NO3. The number of esters is 1. The molecule has 1 aromatic carbocycles. The predicted molar refractivity (Wildman–Crippen MR) is 62.6 cm³/mol. The summed E-state index contributed by atoms with van der Waals surface area (Å²) in [6, 6.07) is 11.1. The smallest absolute Gasteiger partial charge is 0.318 e. The molecule has 2 bridgehead atoms. The molecule has 1 aromatic rings. The van der Waals surface area contributed by atoms with Crippen molar-refractivity contribution in [3.8, 4) is 11.8 Å². The van der Waals surface area contributed by atoms with Gasteiger partial charge in [0.2, 0.25) is 0 Å². The minimum Gasteiger partial charge on any atom is -0.426 e. The van der Waals surface area contributed by atoms with E-state index in [1.165, 1.54) is 0 Å². The Labute approximate surface area is 105 Å². The summed E-state index contributed by atoms with van der Waals surface area (Å²) in [7, 11) is 0. The van der Waals surface area contributed by atoms with Crippen molar-refractivity contribution < 1.29 is 14.3 Å². The molecule has 0 saturated carbocycles. The number of benzene rings is 1. The average Bonchev–Trinajstić information content (AvgIpc) is 2.99. The van der Waals surface area contributed by atoms with Crippen molar-refractivity contribution >= 4 is 5.97 Å². The molecule has 3 rings (SSSR count). The first-order valence-electron chi connectivity index (χ1n) is 6.11. The number of nitrogens with zero attached hydrogens (tertiary/aromatic N) is 1. The summed E-state index contributed by atoms with van der Waals surface area (Å²) in [5, 5.41) is 9.14. The van der Waals surface area contributed by atoms with Crippen LogP contribution >= 0.6 is 0 Å². The Bertz CT molecular complexity index is 494. The Hall–Kier alpha value is -1.86. The molecule has 92 valence electrons. The lowest BCUT2D eigenvalue weighted by atomic mass is 9.80. The molecule has 2 aliphatic rings. The van der Waals surface area contributed by atoms with Crippen molar-refractivity contribution in [2.24, 2.45) is 11.8 Å². The standard InChI is InChI=1S/C14H13NO3/c15-8-10-11-6-7-12(18-11)13(10)14(16)17-9-4-2-1-3-5-9/h1-5,10-13H,6-7H2/t10-,11-,12-,13+/m0/s1. The molecule has 2 heterocycles. The van der Waals surface area contributed by atoms with Gasteiger partial charge >= 0.3 is 5.97 Å². The van der Waals surface area contributed by atoms with Crippen molar-refractivity contribution in [1.82, 2.24) is 0 Å². The van der Waals surface area contributed by atoms with Crippen molar-refractivity contribution in [2.75, 3.05) is 0 Å². The highest BCUT2D eigenvalue weighted by atomic mass is 16.5. The quantitative estimate of drug-likeness (QED) is 0.588. The van der Waals surface area contributed by atoms with Crippen LogP contribution in [0.25, 0.3) is 0 Å². The maximum absolute atomic E-state index is 12.1. The zero-order chi connectivity index (χ0) is 12.5. The van der Waals surface area contributed by atoms with E-state index in [1.54, 1.807) is 12.1 Å². The van der Waals surface area contributed by atoms with Crippen LogP contribution in [0.3, 0.4) is 0 Å². The Morgan fingerprint density at radius 1 is 1.28 bits per heavy atom. The van der Waals surface area contributed by atoms with Crippen molar-refractivity contribution in [3.63, 3.8) is 0 Å². The molecule has 0 aliphatic carbocycles. The predicted octanol–water partition coefficient (Wildman–Crippen LogP) is 1.91. The van der Waals surface area contributed by atoms with Crippen molar-refractivity contribution in [2.45, 2.75) is 25.0 Å². The van der Waals surface area contributed by atoms with E-state index in [4.69, 9.17) is 14.7 Å². The van der Waals surface area contributed by atoms with Crippen LogP contribution in [-0.2, 0) is 9.53 Å². The summed E-state index contributed by atoms with van der Waals surface area (Å²) in [6.07, 6.45) is 1.49. The second-order valence-corrected chi connectivity index (χ2v) is 4.71. The number of hydrogen-bond donors (Lipinski definition) is 0. The van der Waals surface area contributed by atoms with E-state index >= 15 is 0 Å². The lowest BCUT2D eigenvalue weighted by molar-refractivity contribution is -0.141. The number of rotatable bonds is 2. The van der Waals surface area contributed by atoms with Crippen LogP contribution in [0.5, 0.6) is 5.75 Å². The van der Waals surface area contributed by atoms with Crippen LogP contribution in [0.1, 0.15) is 12.8 Å². The van der Waals surface area contributed by atoms with Crippen molar-refractivity contribution in [1.29, 1.82) is 5.26 Å². The second kappa shape index (κ2) is 4.43. The van der Waals surface area contributed by atoms with Gasteiger partial charge < -0.3 is 9.47 Å². The third-order valence-electron chi connectivity index (χ3n) is 3.66. The molecule has 4 nitrogen and oxygen atoms in total. The first kappa shape index (κ1) is 11.2. The molecule has 2 aliphatic heterocycles. The molecule has 0 amide bonds. The highest BCUT2D eigenvalue weighted by Crippen LogP contribution is 2.43. The molecular weight excluding hydrogens is 230 g/mol. The van der Waals surface area contributed by atoms with Gasteiger partial charge in [-0.2, -0.15) is 5.26 Å². The number of carbonyl (C=O) groups excluding carboxylic acids is 1. The Kier molecular flexibility index (Phi) is 2.77. The van der Waals surface area contributed by atoms with Gasteiger partial charge in [-0.1, -0.05) is 18.2 Å². The van der Waals surface area contributed by atoms with E-state index in [-0.39, 0.29) is 24.1 Å². The van der Waals surface area contributed by atoms with Gasteiger partial charge in [0.1, 0.15) is 11.7 Å². The van der Waals surface area contributed by atoms with E-state index in [9.17, 15) is 4.79 Å². The van der Waals surface area contributed by atoms with Gasteiger partial charge in [0, 0.05) is 0 Å². The second-order valence-electron chi connectivity index (χ2n) is 4.71. The third kappa shape index (κ3) is 1.77. The Morgan fingerprint density at radius 3 is 2.72 bits per heavy atom. The first-order chi connectivity index (χ1) is 8.79. The molecule has 0 radical (unpaired) electrons. The fourth-order valence-corrected chi connectivity index (χ4v) is 2.81. The molecule has 0 spiro atoms. The van der Waals surface area contributed by atoms with Crippen LogP contribution in [0, 0.1) is 23.2 Å². The monoisotopic (exact) mass is 243 g/mol. The summed E-state index contributed by atoms with van der Waals surface area (Å²) < 4.78 is 10.9. The van der Waals surface area contributed by atoms with E-state index in [1.807, 2.05) is 18.2 Å². The molecule has 18 heavy (non-hydrogen) atoms. The largest absolute Gasteiger partial charge is 0.426 e. The lowest BCUT2D eigenvalue weighted by Crippen LogP contribution is -2.35. The summed E-state index contributed by atoms with van der Waals surface area (Å²) in [4.78, 5) is 12.1. The summed E-state index contributed by atoms with van der Waals surface area (Å²) in [5.74, 6) is -0.629. The van der Waals surface area contributed by atoms with Gasteiger partial charge in [-0.15, -0.1) is 0 Å². The molecule has 4 atom stereocenters. The van der Waals surface area contributed by atoms with Crippen molar-refractivity contribution in [3.05, 3.63) is 30.3 Å². The summed E-state index contributed by atoms with van der Waals surface area (Å²) in [6.45, 7) is 0. The number of fused-ring (bicyclic) bond motifs is 2. The van der Waals surface area contributed by atoms with Gasteiger partial charge in [0.15, 0.2) is 0 Å².